The van der Waals surface area contributed by atoms with E-state index in [1.807, 2.05) is 25.3 Å². The van der Waals surface area contributed by atoms with Crippen LogP contribution in [0.5, 0.6) is 0 Å². The van der Waals surface area contributed by atoms with E-state index in [4.69, 9.17) is 4.52 Å². The number of hydrogen-bond donors (Lipinski definition) is 0. The summed E-state index contributed by atoms with van der Waals surface area (Å²) >= 11 is 0. The van der Waals surface area contributed by atoms with Crippen LogP contribution in [-0.4, -0.2) is 10.1 Å². The Kier molecular flexibility index (Phi) is 50.8. The van der Waals surface area contributed by atoms with Gasteiger partial charge in [0.2, 0.25) is 0 Å². The van der Waals surface area contributed by atoms with Gasteiger partial charge in [-0.05, 0) is 291 Å². The Hall–Kier alpha value is -3.20. The Morgan fingerprint density at radius 3 is 1.20 bits per heavy atom. The van der Waals surface area contributed by atoms with Crippen LogP contribution in [-0.2, 0) is 19.3 Å². The lowest BCUT2D eigenvalue weighted by atomic mass is 9.69. The van der Waals surface area contributed by atoms with E-state index in [2.05, 4.69) is 259 Å². The zero-order valence-corrected chi connectivity index (χ0v) is 78.2. The van der Waals surface area contributed by atoms with Gasteiger partial charge in [0.1, 0.15) is 5.76 Å². The third kappa shape index (κ3) is 41.3. The molecule has 2 heterocycles. The Labute approximate surface area is 682 Å². The average molecular weight is 1510 g/mol. The molecule has 4 aromatic rings. The summed E-state index contributed by atoms with van der Waals surface area (Å²) in [6.45, 7) is 67.2. The van der Waals surface area contributed by atoms with E-state index in [1.165, 1.54) is 205 Å². The molecule has 9 aliphatic rings. The first-order valence-corrected chi connectivity index (χ1v) is 47.6. The van der Waals surface area contributed by atoms with Crippen molar-refractivity contribution in [1.82, 2.24) is 10.1 Å². The van der Waals surface area contributed by atoms with Crippen LogP contribution in [0.15, 0.2) is 83.6 Å². The fraction of sp³-hybridized carbons (Fsp3) is 0.811. The zero-order valence-electron chi connectivity index (χ0n) is 78.2. The van der Waals surface area contributed by atoms with Crippen LogP contribution in [0.2, 0.25) is 0 Å². The maximum absolute atomic E-state index is 4.88. The third-order valence-corrected chi connectivity index (χ3v) is 28.5. The summed E-state index contributed by atoms with van der Waals surface area (Å²) in [7, 11) is 0. The second kappa shape index (κ2) is 55.4. The normalized spacial score (nSPS) is 26.1. The first-order chi connectivity index (χ1) is 51.6. The lowest BCUT2D eigenvalue weighted by Gasteiger charge is -2.36. The molecular formula is C106H188N2O. The highest BCUT2D eigenvalue weighted by atomic mass is 16.5. The van der Waals surface area contributed by atoms with E-state index in [0.717, 1.165) is 153 Å². The van der Waals surface area contributed by atoms with Crippen molar-refractivity contribution in [2.45, 2.75) is 418 Å². The number of aromatic nitrogens is 2. The minimum atomic E-state index is 0.474. The van der Waals surface area contributed by atoms with Crippen LogP contribution in [0.4, 0.5) is 0 Å². The second-order valence-electron chi connectivity index (χ2n) is 41.5. The molecule has 9 atom stereocenters. The maximum Gasteiger partial charge on any atom is 0.133 e. The molecule has 0 bridgehead atoms. The fourth-order valence-electron chi connectivity index (χ4n) is 19.7. The van der Waals surface area contributed by atoms with Gasteiger partial charge in [-0.2, -0.15) is 0 Å². The third-order valence-electron chi connectivity index (χ3n) is 28.5. The number of hydrogen-bond acceptors (Lipinski definition) is 3. The summed E-state index contributed by atoms with van der Waals surface area (Å²) in [5, 5.41) is 3.84. The van der Waals surface area contributed by atoms with Gasteiger partial charge in [-0.25, -0.2) is 0 Å². The number of fused-ring (bicyclic) bond motifs is 2. The van der Waals surface area contributed by atoms with Crippen molar-refractivity contribution in [2.75, 3.05) is 0 Å². The largest absolute Gasteiger partial charge is 0.361 e. The van der Waals surface area contributed by atoms with E-state index < -0.39 is 0 Å². The molecule has 3 heteroatoms. The highest BCUT2D eigenvalue weighted by Crippen LogP contribution is 2.42. The lowest BCUT2D eigenvalue weighted by molar-refractivity contribution is 0.139. The van der Waals surface area contributed by atoms with Gasteiger partial charge in [0.05, 0.1) is 5.69 Å². The zero-order chi connectivity index (χ0) is 81.3. The second-order valence-corrected chi connectivity index (χ2v) is 41.5. The van der Waals surface area contributed by atoms with Gasteiger partial charge in [0.25, 0.3) is 0 Å². The van der Waals surface area contributed by atoms with Crippen molar-refractivity contribution in [2.24, 2.45) is 136 Å². The molecule has 0 aliphatic heterocycles. The lowest BCUT2D eigenvalue weighted by Crippen LogP contribution is -2.27. The number of benzene rings is 2. The summed E-state index contributed by atoms with van der Waals surface area (Å²) in [5.41, 5.74) is 8.72. The SMILES string of the molecule is CC(C)C1CC1.CC(C)C1CCCC(C)C1C.CC(C)C1CCCC1.CC(C)C1CCCCC1.CC(C)C1CCCCC1C.CC(C)C1CCCc2ccccc21.CC(C)C1CCc2ccccc2C1.CC(C)c1cccnc1.CC1CC(C)CC(C(C)C)C1.CC1CCC(C(C)C)CC1.Cc1cc(C(C)C)no1. The van der Waals surface area contributed by atoms with Crippen molar-refractivity contribution in [3.05, 3.63) is 118 Å². The van der Waals surface area contributed by atoms with Crippen molar-refractivity contribution in [3.8, 4) is 0 Å². The molecule has 0 saturated heterocycles. The molecular weight excluding hydrogens is 1320 g/mol. The number of pyridine rings is 1. The minimum absolute atomic E-state index is 0.474. The molecule has 109 heavy (non-hydrogen) atoms. The van der Waals surface area contributed by atoms with Crippen LogP contribution in [0, 0.1) is 143 Å². The minimum Gasteiger partial charge on any atom is -0.361 e. The van der Waals surface area contributed by atoms with E-state index >= 15 is 0 Å². The van der Waals surface area contributed by atoms with Gasteiger partial charge >= 0.3 is 0 Å². The first-order valence-electron chi connectivity index (χ1n) is 47.6. The quantitative estimate of drug-likeness (QED) is 0.150. The summed E-state index contributed by atoms with van der Waals surface area (Å²) in [6, 6.07) is 23.9. The molecule has 7 fully saturated rings. The standard InChI is InChI=1S/2C13H18.2C11H22.2C10H20.C9H18.C8H11N.C8H16.C7H11NO.C6H12/c1-10(2)12-9-5-7-11-6-3-4-8-13(11)12;1-10(2)12-8-7-11-5-3-4-6-13(11)9-12;1-8(2)11-6-9(3)5-10(4)7-11;1-8(2)11-7-5-6-9(3)10(11)4;1-8(2)10-6-4-9(3)5-7-10;1-8(2)10-7-5-4-6-9(10)3;1-8(2)9-6-4-3-5-7-9;1-7(2)8-4-3-5-9-6-8;1-7(2)8-5-3-4-6-8;1-5(2)7-4-6(3)9-8-7;1-5(2)6-3-4-6/h3-4,6,8,10,12H,5,7,9H2,1-2H3;3-6,10,12H,7-9H2,1-2H3;2*8-11H,5-7H2,1-4H3;2*8-10H,4-7H2,1-3H3;8-9H,3-7H2,1-2H3;3-7H,1-2H3;7-8H,3-6H2,1-2H3;4-5H,1-3H3;5-6H,3-4H2,1-2H3. The van der Waals surface area contributed by atoms with Crippen LogP contribution >= 0.6 is 0 Å². The summed E-state index contributed by atoms with van der Waals surface area (Å²) in [5.74, 6) is 25.0. The van der Waals surface area contributed by atoms with Crippen LogP contribution in [0.25, 0.3) is 0 Å². The number of nitrogens with zero attached hydrogens (tertiary/aromatic N) is 2. The Balaban J connectivity index is 0.000000312. The molecule has 0 radical (unpaired) electrons. The van der Waals surface area contributed by atoms with Crippen molar-refractivity contribution in [1.29, 1.82) is 0 Å². The topological polar surface area (TPSA) is 38.9 Å². The Morgan fingerprint density at radius 2 is 0.798 bits per heavy atom. The molecule has 2 aromatic carbocycles. The maximum atomic E-state index is 4.88. The van der Waals surface area contributed by atoms with Gasteiger partial charge in [-0.3, -0.25) is 4.98 Å². The van der Waals surface area contributed by atoms with E-state index in [1.54, 1.807) is 28.5 Å². The highest BCUT2D eigenvalue weighted by molar-refractivity contribution is 5.33. The molecule has 9 aliphatic carbocycles. The molecule has 628 valence electrons. The predicted molar refractivity (Wildman–Crippen MR) is 486 cm³/mol. The molecule has 3 nitrogen and oxygen atoms in total. The number of aryl methyl sites for hydroxylation is 3. The molecule has 13 rings (SSSR count). The van der Waals surface area contributed by atoms with E-state index in [9.17, 15) is 0 Å². The molecule has 2 aromatic heterocycles. The molecule has 7 saturated carbocycles. The van der Waals surface area contributed by atoms with Gasteiger partial charge < -0.3 is 4.52 Å². The van der Waals surface area contributed by atoms with Crippen molar-refractivity contribution in [3.63, 3.8) is 0 Å². The molecule has 0 amide bonds. The van der Waals surface area contributed by atoms with E-state index in [0.29, 0.717) is 11.8 Å². The van der Waals surface area contributed by atoms with Crippen LogP contribution in [0.1, 0.15) is 431 Å². The van der Waals surface area contributed by atoms with Gasteiger partial charge in [0, 0.05) is 18.5 Å². The molecule has 9 unspecified atom stereocenters. The summed E-state index contributed by atoms with van der Waals surface area (Å²) < 4.78 is 4.88. The van der Waals surface area contributed by atoms with E-state index in [-0.39, 0.29) is 0 Å². The summed E-state index contributed by atoms with van der Waals surface area (Å²) in [6.07, 6.45) is 48.8. The fourth-order valence-corrected chi connectivity index (χ4v) is 19.7. The van der Waals surface area contributed by atoms with Crippen molar-refractivity contribution >= 4 is 0 Å². The Bertz CT molecular complexity index is 2780. The first kappa shape index (κ1) is 100.0. The van der Waals surface area contributed by atoms with Crippen LogP contribution in [0.3, 0.4) is 0 Å². The van der Waals surface area contributed by atoms with Crippen LogP contribution < -0.4 is 0 Å². The predicted octanol–water partition coefficient (Wildman–Crippen LogP) is 34.0. The Morgan fingerprint density at radius 1 is 0.339 bits per heavy atom. The summed E-state index contributed by atoms with van der Waals surface area (Å²) in [4.78, 5) is 4.01. The van der Waals surface area contributed by atoms with Gasteiger partial charge in [-0.15, -0.1) is 0 Å². The smallest absolute Gasteiger partial charge is 0.133 e. The van der Waals surface area contributed by atoms with Gasteiger partial charge in [-0.1, -0.05) is 356 Å². The number of rotatable bonds is 11. The highest BCUT2D eigenvalue weighted by Gasteiger charge is 2.31. The molecule has 0 N–H and O–H groups in total. The average Bonchev–Trinajstić information content (AvgIpc) is 1.81. The molecule has 0 spiro atoms. The monoisotopic (exact) mass is 1510 g/mol. The van der Waals surface area contributed by atoms with Crippen molar-refractivity contribution < 1.29 is 4.52 Å². The van der Waals surface area contributed by atoms with Gasteiger partial charge in [0.15, 0.2) is 0 Å².